The van der Waals surface area contributed by atoms with Crippen LogP contribution in [0, 0.1) is 0 Å². The average molecular weight is 288 g/mol. The molecule has 0 saturated carbocycles. The first-order valence-electron chi connectivity index (χ1n) is 4.48. The summed E-state index contributed by atoms with van der Waals surface area (Å²) in [6, 6.07) is 3.88. The molecule has 3 nitrogen and oxygen atoms in total. The smallest absolute Gasteiger partial charge is 0.160 e. The van der Waals surface area contributed by atoms with Gasteiger partial charge in [0.05, 0.1) is 17.3 Å². The molecule has 1 aromatic heterocycles. The summed E-state index contributed by atoms with van der Waals surface area (Å²) >= 11 is 4.93. The Morgan fingerprint density at radius 2 is 2.33 bits per heavy atom. The van der Waals surface area contributed by atoms with Gasteiger partial charge in [0.1, 0.15) is 5.75 Å². The molecule has 0 saturated heterocycles. The molecule has 80 valence electrons. The molecule has 2 rings (SSSR count). The molecular formula is C10H10BrNO2S. The molecule has 0 aliphatic carbocycles. The summed E-state index contributed by atoms with van der Waals surface area (Å²) in [7, 11) is 1.64. The number of fused-ring (bicyclic) bond motifs is 1. The van der Waals surface area contributed by atoms with Crippen LogP contribution in [0.25, 0.3) is 10.2 Å². The van der Waals surface area contributed by atoms with Crippen LogP contribution in [0.2, 0.25) is 0 Å². The van der Waals surface area contributed by atoms with E-state index >= 15 is 0 Å². The third kappa shape index (κ3) is 2.14. The lowest BCUT2D eigenvalue weighted by atomic mass is 10.1. The van der Waals surface area contributed by atoms with E-state index in [1.165, 1.54) is 0 Å². The minimum absolute atomic E-state index is 0.122. The Hall–Kier alpha value is -0.650. The predicted octanol–water partition coefficient (Wildman–Crippen LogP) is 2.60. The van der Waals surface area contributed by atoms with E-state index in [1.807, 2.05) is 12.1 Å². The second-order valence-electron chi connectivity index (χ2n) is 3.07. The summed E-state index contributed by atoms with van der Waals surface area (Å²) in [4.78, 5) is 4.38. The second-order valence-corrected chi connectivity index (χ2v) is 5.38. The van der Waals surface area contributed by atoms with Crippen molar-refractivity contribution >= 4 is 37.5 Å². The summed E-state index contributed by atoms with van der Waals surface area (Å²) < 4.78 is 7.13. The standard InChI is InChI=1S/C10H10BrNO2S/c1-14-7-4-6(2-3-13)9-8(5-7)15-10(11)12-9/h4-5,13H,2-3H2,1H3. The lowest BCUT2D eigenvalue weighted by molar-refractivity contribution is 0.300. The van der Waals surface area contributed by atoms with Crippen molar-refractivity contribution in [3.63, 3.8) is 0 Å². The van der Waals surface area contributed by atoms with E-state index in [9.17, 15) is 0 Å². The number of halogens is 1. The summed E-state index contributed by atoms with van der Waals surface area (Å²) in [6.07, 6.45) is 0.601. The Balaban J connectivity index is 2.62. The largest absolute Gasteiger partial charge is 0.497 e. The first kappa shape index (κ1) is 10.9. The topological polar surface area (TPSA) is 42.4 Å². The Morgan fingerprint density at radius 1 is 1.53 bits per heavy atom. The highest BCUT2D eigenvalue weighted by molar-refractivity contribution is 9.11. The number of hydrogen-bond acceptors (Lipinski definition) is 4. The van der Waals surface area contributed by atoms with Gasteiger partial charge in [-0.3, -0.25) is 0 Å². The van der Waals surface area contributed by atoms with Crippen molar-refractivity contribution in [3.8, 4) is 5.75 Å². The lowest BCUT2D eigenvalue weighted by Gasteiger charge is -2.04. The van der Waals surface area contributed by atoms with Gasteiger partial charge >= 0.3 is 0 Å². The number of methoxy groups -OCH3 is 1. The van der Waals surface area contributed by atoms with Gasteiger partial charge in [0.2, 0.25) is 0 Å². The molecule has 0 aliphatic rings. The highest BCUT2D eigenvalue weighted by Gasteiger charge is 2.09. The fourth-order valence-electron chi connectivity index (χ4n) is 1.47. The quantitative estimate of drug-likeness (QED) is 0.944. The molecule has 1 N–H and O–H groups in total. The average Bonchev–Trinajstić information content (AvgIpc) is 2.58. The first-order chi connectivity index (χ1) is 7.24. The van der Waals surface area contributed by atoms with E-state index in [4.69, 9.17) is 9.84 Å². The predicted molar refractivity (Wildman–Crippen MR) is 64.7 cm³/mol. The maximum Gasteiger partial charge on any atom is 0.160 e. The van der Waals surface area contributed by atoms with Crippen LogP contribution in [-0.2, 0) is 6.42 Å². The van der Waals surface area contributed by atoms with Crippen LogP contribution in [0.4, 0.5) is 0 Å². The van der Waals surface area contributed by atoms with Crippen LogP contribution in [0.1, 0.15) is 5.56 Å². The molecule has 0 atom stereocenters. The van der Waals surface area contributed by atoms with Gasteiger partial charge in [0, 0.05) is 6.61 Å². The molecular weight excluding hydrogens is 278 g/mol. The molecule has 0 unspecified atom stereocenters. The van der Waals surface area contributed by atoms with E-state index in [0.717, 1.165) is 25.4 Å². The highest BCUT2D eigenvalue weighted by atomic mass is 79.9. The normalized spacial score (nSPS) is 10.9. The number of benzene rings is 1. The zero-order valence-electron chi connectivity index (χ0n) is 8.16. The lowest BCUT2D eigenvalue weighted by Crippen LogP contribution is -1.93. The summed E-state index contributed by atoms with van der Waals surface area (Å²) in [6.45, 7) is 0.122. The monoisotopic (exact) mass is 287 g/mol. The van der Waals surface area contributed by atoms with Crippen LogP contribution in [0.3, 0.4) is 0 Å². The molecule has 5 heteroatoms. The van der Waals surface area contributed by atoms with Crippen molar-refractivity contribution in [2.24, 2.45) is 0 Å². The van der Waals surface area contributed by atoms with E-state index in [0.29, 0.717) is 6.42 Å². The van der Waals surface area contributed by atoms with Crippen LogP contribution in [-0.4, -0.2) is 23.8 Å². The zero-order valence-corrected chi connectivity index (χ0v) is 10.6. The fraction of sp³-hybridized carbons (Fsp3) is 0.300. The molecule has 0 amide bonds. The van der Waals surface area contributed by atoms with Gasteiger partial charge in [-0.15, -0.1) is 11.3 Å². The molecule has 15 heavy (non-hydrogen) atoms. The number of ether oxygens (including phenoxy) is 1. The number of aromatic nitrogens is 1. The van der Waals surface area contributed by atoms with Crippen molar-refractivity contribution in [1.29, 1.82) is 0 Å². The maximum atomic E-state index is 8.97. The molecule has 2 aromatic rings. The molecule has 0 fully saturated rings. The summed E-state index contributed by atoms with van der Waals surface area (Å²) in [5.41, 5.74) is 1.97. The third-order valence-electron chi connectivity index (χ3n) is 2.14. The fourth-order valence-corrected chi connectivity index (χ4v) is 2.94. The van der Waals surface area contributed by atoms with Crippen molar-refractivity contribution in [2.45, 2.75) is 6.42 Å². The van der Waals surface area contributed by atoms with Crippen LogP contribution in [0.15, 0.2) is 16.0 Å². The molecule has 1 heterocycles. The van der Waals surface area contributed by atoms with Crippen molar-refractivity contribution in [1.82, 2.24) is 4.98 Å². The van der Waals surface area contributed by atoms with Gasteiger partial charge < -0.3 is 9.84 Å². The highest BCUT2D eigenvalue weighted by Crippen LogP contribution is 2.32. The number of thiazole rings is 1. The van der Waals surface area contributed by atoms with Gasteiger partial charge in [-0.25, -0.2) is 4.98 Å². The number of aliphatic hydroxyl groups excluding tert-OH is 1. The first-order valence-corrected chi connectivity index (χ1v) is 6.09. The van der Waals surface area contributed by atoms with Gasteiger partial charge in [0.15, 0.2) is 3.92 Å². The zero-order chi connectivity index (χ0) is 10.8. The maximum absolute atomic E-state index is 8.97. The van der Waals surface area contributed by atoms with E-state index in [-0.39, 0.29) is 6.61 Å². The van der Waals surface area contributed by atoms with Gasteiger partial charge in [-0.2, -0.15) is 0 Å². The SMILES string of the molecule is COc1cc(CCO)c2nc(Br)sc2c1. The number of aliphatic hydroxyl groups is 1. The van der Waals surface area contributed by atoms with E-state index in [2.05, 4.69) is 20.9 Å². The molecule has 0 radical (unpaired) electrons. The van der Waals surface area contributed by atoms with Gasteiger partial charge in [-0.1, -0.05) is 0 Å². The Morgan fingerprint density at radius 3 is 3.00 bits per heavy atom. The van der Waals surface area contributed by atoms with Crippen LogP contribution in [0.5, 0.6) is 5.75 Å². The van der Waals surface area contributed by atoms with Crippen LogP contribution >= 0.6 is 27.3 Å². The number of rotatable bonds is 3. The van der Waals surface area contributed by atoms with E-state index < -0.39 is 0 Å². The van der Waals surface area contributed by atoms with E-state index in [1.54, 1.807) is 18.4 Å². The molecule has 0 aliphatic heterocycles. The molecule has 1 aromatic carbocycles. The van der Waals surface area contributed by atoms with Gasteiger partial charge in [0.25, 0.3) is 0 Å². The minimum atomic E-state index is 0.122. The molecule has 0 spiro atoms. The third-order valence-corrected chi connectivity index (χ3v) is 3.59. The van der Waals surface area contributed by atoms with Crippen molar-refractivity contribution < 1.29 is 9.84 Å². The van der Waals surface area contributed by atoms with Crippen molar-refractivity contribution in [2.75, 3.05) is 13.7 Å². The Labute approximate surface area is 99.8 Å². The number of nitrogens with zero attached hydrogens (tertiary/aromatic N) is 1. The van der Waals surface area contributed by atoms with Crippen molar-refractivity contribution in [3.05, 3.63) is 21.6 Å². The number of hydrogen-bond donors (Lipinski definition) is 1. The van der Waals surface area contributed by atoms with Gasteiger partial charge in [-0.05, 0) is 40.0 Å². The Kier molecular flexibility index (Phi) is 3.23. The summed E-state index contributed by atoms with van der Waals surface area (Å²) in [5, 5.41) is 8.97. The summed E-state index contributed by atoms with van der Waals surface area (Å²) in [5.74, 6) is 0.808. The minimum Gasteiger partial charge on any atom is -0.497 e. The second kappa shape index (κ2) is 4.47. The Bertz CT molecular complexity index is 483. The molecule has 0 bridgehead atoms. The van der Waals surface area contributed by atoms with Crippen LogP contribution < -0.4 is 4.74 Å².